The molecule has 0 radical (unpaired) electrons. The van der Waals surface area contributed by atoms with Crippen LogP contribution in [0.2, 0.25) is 15.1 Å². The van der Waals surface area contributed by atoms with Gasteiger partial charge in [-0.2, -0.15) is 5.10 Å². The summed E-state index contributed by atoms with van der Waals surface area (Å²) in [4.78, 5) is 0. The van der Waals surface area contributed by atoms with Gasteiger partial charge in [-0.25, -0.2) is 4.68 Å². The van der Waals surface area contributed by atoms with Gasteiger partial charge < -0.3 is 0 Å². The fourth-order valence-corrected chi connectivity index (χ4v) is 2.60. The highest BCUT2D eigenvalue weighted by Gasteiger charge is 2.10. The molecule has 3 aromatic rings. The third kappa shape index (κ3) is 2.55. The number of hydrogen-bond acceptors (Lipinski definition) is 1. The summed E-state index contributed by atoms with van der Waals surface area (Å²) in [5.41, 5.74) is 2.73. The van der Waals surface area contributed by atoms with Crippen molar-refractivity contribution in [1.29, 1.82) is 0 Å². The maximum absolute atomic E-state index is 6.24. The van der Waals surface area contributed by atoms with Crippen molar-refractivity contribution in [3.05, 3.63) is 69.8 Å². The third-order valence-electron chi connectivity index (χ3n) is 2.92. The molecule has 1 aromatic heterocycles. The first-order chi connectivity index (χ1) is 9.65. The Bertz CT molecular complexity index is 748. The summed E-state index contributed by atoms with van der Waals surface area (Å²) in [6, 6.07) is 14.8. The standard InChI is InChI=1S/C15H9Cl3N2/c16-11-3-1-10(2-4-11)14-7-8-19-20(14)15-6-5-12(17)9-13(15)18/h1-9H. The van der Waals surface area contributed by atoms with Crippen LogP contribution in [-0.4, -0.2) is 9.78 Å². The molecule has 1 heterocycles. The van der Waals surface area contributed by atoms with Gasteiger partial charge in [0, 0.05) is 15.6 Å². The molecule has 0 aliphatic rings. The van der Waals surface area contributed by atoms with Gasteiger partial charge in [0.2, 0.25) is 0 Å². The lowest BCUT2D eigenvalue weighted by Gasteiger charge is -2.09. The fourth-order valence-electron chi connectivity index (χ4n) is 1.99. The van der Waals surface area contributed by atoms with E-state index in [1.54, 1.807) is 23.0 Å². The monoisotopic (exact) mass is 322 g/mol. The molecular formula is C15H9Cl3N2. The Labute approximate surface area is 131 Å². The Balaban J connectivity index is 2.12. The van der Waals surface area contributed by atoms with Crippen LogP contribution in [0.3, 0.4) is 0 Å². The van der Waals surface area contributed by atoms with Crippen LogP contribution in [0.25, 0.3) is 16.9 Å². The van der Waals surface area contributed by atoms with Gasteiger partial charge in [0.15, 0.2) is 0 Å². The molecule has 100 valence electrons. The lowest BCUT2D eigenvalue weighted by molar-refractivity contribution is 0.888. The molecule has 0 atom stereocenters. The maximum Gasteiger partial charge on any atom is 0.0840 e. The predicted octanol–water partition coefficient (Wildman–Crippen LogP) is 5.50. The number of nitrogens with zero attached hydrogens (tertiary/aromatic N) is 2. The van der Waals surface area contributed by atoms with Gasteiger partial charge in [0.05, 0.1) is 22.6 Å². The molecule has 0 amide bonds. The Kier molecular flexibility index (Phi) is 3.70. The number of halogens is 3. The van der Waals surface area contributed by atoms with Crippen molar-refractivity contribution in [3.63, 3.8) is 0 Å². The molecule has 0 aliphatic carbocycles. The zero-order valence-corrected chi connectivity index (χ0v) is 12.5. The fraction of sp³-hybridized carbons (Fsp3) is 0. The number of benzene rings is 2. The van der Waals surface area contributed by atoms with Crippen molar-refractivity contribution in [1.82, 2.24) is 9.78 Å². The minimum atomic E-state index is 0.552. The van der Waals surface area contributed by atoms with Crippen LogP contribution >= 0.6 is 34.8 Å². The molecule has 0 fully saturated rings. The quantitative estimate of drug-likeness (QED) is 0.609. The third-order valence-corrected chi connectivity index (χ3v) is 3.71. The van der Waals surface area contributed by atoms with Crippen LogP contribution < -0.4 is 0 Å². The summed E-state index contributed by atoms with van der Waals surface area (Å²) in [6.07, 6.45) is 1.73. The van der Waals surface area contributed by atoms with Crippen LogP contribution in [0, 0.1) is 0 Å². The largest absolute Gasteiger partial charge is 0.232 e. The first-order valence-corrected chi connectivity index (χ1v) is 7.04. The lowest BCUT2D eigenvalue weighted by Crippen LogP contribution is -1.99. The molecule has 3 rings (SSSR count). The van der Waals surface area contributed by atoms with Gasteiger partial charge in [0.25, 0.3) is 0 Å². The Morgan fingerprint density at radius 2 is 1.50 bits per heavy atom. The molecule has 0 aliphatic heterocycles. The predicted molar refractivity (Wildman–Crippen MR) is 84.0 cm³/mol. The molecule has 20 heavy (non-hydrogen) atoms. The van der Waals surface area contributed by atoms with E-state index in [0.29, 0.717) is 15.1 Å². The second kappa shape index (κ2) is 5.49. The molecule has 2 aromatic carbocycles. The normalized spacial score (nSPS) is 10.8. The summed E-state index contributed by atoms with van der Waals surface area (Å²) < 4.78 is 1.78. The molecule has 0 N–H and O–H groups in total. The summed E-state index contributed by atoms with van der Waals surface area (Å²) in [6.45, 7) is 0. The van der Waals surface area contributed by atoms with E-state index in [1.165, 1.54) is 0 Å². The Morgan fingerprint density at radius 3 is 2.20 bits per heavy atom. The highest BCUT2D eigenvalue weighted by atomic mass is 35.5. The molecule has 5 heteroatoms. The molecule has 0 saturated carbocycles. The van der Waals surface area contributed by atoms with Crippen molar-refractivity contribution in [2.45, 2.75) is 0 Å². The minimum Gasteiger partial charge on any atom is -0.232 e. The van der Waals surface area contributed by atoms with Crippen LogP contribution in [0.15, 0.2) is 54.7 Å². The van der Waals surface area contributed by atoms with Crippen LogP contribution in [0.1, 0.15) is 0 Å². The summed E-state index contributed by atoms with van der Waals surface area (Å²) in [5, 5.41) is 6.18. The van der Waals surface area contributed by atoms with E-state index in [-0.39, 0.29) is 0 Å². The van der Waals surface area contributed by atoms with E-state index in [4.69, 9.17) is 34.8 Å². The van der Waals surface area contributed by atoms with Crippen molar-refractivity contribution >= 4 is 34.8 Å². The van der Waals surface area contributed by atoms with Gasteiger partial charge in [-0.05, 0) is 36.4 Å². The minimum absolute atomic E-state index is 0.552. The highest BCUT2D eigenvalue weighted by Crippen LogP contribution is 2.29. The average Bonchev–Trinajstić information content (AvgIpc) is 2.88. The van der Waals surface area contributed by atoms with Crippen LogP contribution in [-0.2, 0) is 0 Å². The van der Waals surface area contributed by atoms with E-state index >= 15 is 0 Å². The van der Waals surface area contributed by atoms with Gasteiger partial charge in [0.1, 0.15) is 0 Å². The number of rotatable bonds is 2. The smallest absolute Gasteiger partial charge is 0.0840 e. The summed E-state index contributed by atoms with van der Waals surface area (Å²) in [5.74, 6) is 0. The zero-order chi connectivity index (χ0) is 14.1. The van der Waals surface area contributed by atoms with E-state index in [0.717, 1.165) is 16.9 Å². The van der Waals surface area contributed by atoms with E-state index in [2.05, 4.69) is 5.10 Å². The Hall–Kier alpha value is -1.48. The van der Waals surface area contributed by atoms with Gasteiger partial charge in [-0.3, -0.25) is 0 Å². The molecule has 2 nitrogen and oxygen atoms in total. The lowest BCUT2D eigenvalue weighted by atomic mass is 10.1. The van der Waals surface area contributed by atoms with E-state index in [9.17, 15) is 0 Å². The average molecular weight is 324 g/mol. The van der Waals surface area contributed by atoms with Gasteiger partial charge in [-0.15, -0.1) is 0 Å². The Morgan fingerprint density at radius 1 is 0.800 bits per heavy atom. The van der Waals surface area contributed by atoms with Crippen LogP contribution in [0.4, 0.5) is 0 Å². The summed E-state index contributed by atoms with van der Waals surface area (Å²) >= 11 is 18.1. The van der Waals surface area contributed by atoms with E-state index < -0.39 is 0 Å². The maximum atomic E-state index is 6.24. The second-order valence-electron chi connectivity index (χ2n) is 4.23. The van der Waals surface area contributed by atoms with E-state index in [1.807, 2.05) is 36.4 Å². The first kappa shape index (κ1) is 13.5. The van der Waals surface area contributed by atoms with Gasteiger partial charge >= 0.3 is 0 Å². The van der Waals surface area contributed by atoms with Crippen molar-refractivity contribution in [2.75, 3.05) is 0 Å². The highest BCUT2D eigenvalue weighted by molar-refractivity contribution is 6.35. The molecule has 0 bridgehead atoms. The molecule has 0 unspecified atom stereocenters. The zero-order valence-electron chi connectivity index (χ0n) is 10.2. The van der Waals surface area contributed by atoms with Gasteiger partial charge in [-0.1, -0.05) is 46.9 Å². The van der Waals surface area contributed by atoms with Crippen molar-refractivity contribution < 1.29 is 0 Å². The molecule has 0 saturated heterocycles. The summed E-state index contributed by atoms with van der Waals surface area (Å²) in [7, 11) is 0. The van der Waals surface area contributed by atoms with Crippen molar-refractivity contribution in [2.24, 2.45) is 0 Å². The SMILES string of the molecule is Clc1ccc(-c2ccnn2-c2ccc(Cl)cc2Cl)cc1. The van der Waals surface area contributed by atoms with Crippen molar-refractivity contribution in [3.8, 4) is 16.9 Å². The number of aromatic nitrogens is 2. The molecule has 0 spiro atoms. The first-order valence-electron chi connectivity index (χ1n) is 5.90. The molecular weight excluding hydrogens is 315 g/mol. The number of hydrogen-bond donors (Lipinski definition) is 0. The van der Waals surface area contributed by atoms with Crippen LogP contribution in [0.5, 0.6) is 0 Å². The second-order valence-corrected chi connectivity index (χ2v) is 5.51. The topological polar surface area (TPSA) is 17.8 Å².